The first-order valence-corrected chi connectivity index (χ1v) is 14.8. The van der Waals surface area contributed by atoms with E-state index in [4.69, 9.17) is 21.4 Å². The molecule has 0 unspecified atom stereocenters. The topological polar surface area (TPSA) is 127 Å². The number of rotatable bonds is 11. The van der Waals surface area contributed by atoms with Gasteiger partial charge < -0.3 is 19.7 Å². The lowest BCUT2D eigenvalue weighted by Gasteiger charge is -2.28. The van der Waals surface area contributed by atoms with E-state index in [-0.39, 0.29) is 29.2 Å². The first kappa shape index (κ1) is 29.1. The van der Waals surface area contributed by atoms with E-state index in [1.807, 2.05) is 35.9 Å². The second-order valence-electron chi connectivity index (χ2n) is 9.94. The molecule has 11 heteroatoms. The molecule has 0 radical (unpaired) electrons. The van der Waals surface area contributed by atoms with Crippen molar-refractivity contribution in [3.63, 3.8) is 0 Å². The van der Waals surface area contributed by atoms with Gasteiger partial charge in [0.1, 0.15) is 0 Å². The maximum absolute atomic E-state index is 13.3. The third kappa shape index (κ3) is 6.81. The molecule has 0 saturated heterocycles. The fraction of sp³-hybridized carbons (Fsp3) is 0.429. The lowest BCUT2D eigenvalue weighted by molar-refractivity contribution is -0.137. The summed E-state index contributed by atoms with van der Waals surface area (Å²) >= 11 is 6.74. The van der Waals surface area contributed by atoms with E-state index in [2.05, 4.69) is 10.0 Å². The van der Waals surface area contributed by atoms with Crippen LogP contribution in [0.25, 0.3) is 22.2 Å². The average Bonchev–Trinajstić information content (AvgIpc) is 3.17. The number of halogens is 1. The Labute approximate surface area is 233 Å². The Kier molecular flexibility index (Phi) is 9.32. The number of sulfonamides is 1. The largest absolute Gasteiger partial charge is 0.481 e. The van der Waals surface area contributed by atoms with Crippen molar-refractivity contribution in [1.82, 2.24) is 14.6 Å². The van der Waals surface area contributed by atoms with Crippen molar-refractivity contribution in [3.05, 3.63) is 53.1 Å². The Bertz CT molecular complexity index is 1440. The van der Waals surface area contributed by atoms with Crippen LogP contribution in [-0.4, -0.2) is 56.3 Å². The van der Waals surface area contributed by atoms with Gasteiger partial charge >= 0.3 is 5.97 Å². The van der Waals surface area contributed by atoms with Crippen molar-refractivity contribution >= 4 is 44.4 Å². The molecule has 39 heavy (non-hydrogen) atoms. The van der Waals surface area contributed by atoms with Crippen molar-refractivity contribution in [3.8, 4) is 11.3 Å². The molecule has 3 N–H and O–H groups in total. The van der Waals surface area contributed by atoms with Gasteiger partial charge in [0.25, 0.3) is 0 Å². The zero-order valence-electron chi connectivity index (χ0n) is 22.1. The van der Waals surface area contributed by atoms with Crippen molar-refractivity contribution in [2.45, 2.75) is 49.5 Å². The number of benzene rings is 2. The molecule has 1 aliphatic carbocycles. The highest BCUT2D eigenvalue weighted by Crippen LogP contribution is 2.38. The lowest BCUT2D eigenvalue weighted by Crippen LogP contribution is -2.41. The number of fused-ring (bicyclic) bond motifs is 1. The maximum atomic E-state index is 13.3. The van der Waals surface area contributed by atoms with E-state index in [0.717, 1.165) is 22.2 Å². The summed E-state index contributed by atoms with van der Waals surface area (Å²) in [6.07, 6.45) is 2.92. The molecule has 0 bridgehead atoms. The normalized spacial score (nSPS) is 17.8. The molecule has 0 aliphatic heterocycles. The summed E-state index contributed by atoms with van der Waals surface area (Å²) in [6, 6.07) is 12.2. The quantitative estimate of drug-likeness (QED) is 0.295. The van der Waals surface area contributed by atoms with Crippen LogP contribution in [0.2, 0.25) is 5.02 Å². The van der Waals surface area contributed by atoms with Gasteiger partial charge in [0.2, 0.25) is 15.9 Å². The number of ether oxygens (including phenoxy) is 1. The Morgan fingerprint density at radius 1 is 1.10 bits per heavy atom. The minimum absolute atomic E-state index is 0.00917. The number of carbonyl (C=O) groups is 2. The predicted octanol–water partition coefficient (Wildman–Crippen LogP) is 4.12. The number of carboxylic acid groups (broad SMARTS) is 1. The highest BCUT2D eigenvalue weighted by Gasteiger charge is 2.29. The van der Waals surface area contributed by atoms with Crippen LogP contribution < -0.4 is 10.0 Å². The SMILES string of the molecule is COCCNC(=O)[C@H]1CC[C@H](NS(=O)(=O)c2ccc3c(Cl)c(-c4ccc(CCC(=O)O)cc4)n(C)c3c2)CC1. The number of amides is 1. The van der Waals surface area contributed by atoms with Crippen LogP contribution in [0.3, 0.4) is 0 Å². The molecule has 1 amide bonds. The number of aromatic nitrogens is 1. The van der Waals surface area contributed by atoms with Gasteiger partial charge in [-0.2, -0.15) is 0 Å². The van der Waals surface area contributed by atoms with Gasteiger partial charge in [-0.05, 0) is 61.4 Å². The standard InChI is InChI=1S/C28H34ClN3O6S/c1-32-24-17-22(39(36,37)31-21-10-8-20(9-11-21)28(35)30-15-16-38-2)12-13-23(24)26(29)27(32)19-6-3-18(4-7-19)5-14-25(33)34/h3-4,6-7,12-13,17,20-21,31H,5,8-11,14-16H2,1-2H3,(H,30,35)(H,33,34)/t20-,21-. The minimum Gasteiger partial charge on any atom is -0.481 e. The molecule has 210 valence electrons. The predicted molar refractivity (Wildman–Crippen MR) is 150 cm³/mol. The van der Waals surface area contributed by atoms with Gasteiger partial charge in [0.15, 0.2) is 0 Å². The molecule has 4 rings (SSSR count). The summed E-state index contributed by atoms with van der Waals surface area (Å²) in [7, 11) is -0.362. The van der Waals surface area contributed by atoms with Gasteiger partial charge in [-0.25, -0.2) is 13.1 Å². The molecule has 3 aromatic rings. The second kappa shape index (κ2) is 12.5. The number of nitrogens with one attached hydrogen (secondary N) is 2. The number of hydrogen-bond acceptors (Lipinski definition) is 5. The number of carboxylic acids is 1. The third-order valence-electron chi connectivity index (χ3n) is 7.30. The minimum atomic E-state index is -3.78. The molecular weight excluding hydrogens is 542 g/mol. The molecular formula is C28H34ClN3O6S. The van der Waals surface area contributed by atoms with Crippen molar-refractivity contribution in [2.75, 3.05) is 20.3 Å². The first-order chi connectivity index (χ1) is 18.6. The summed E-state index contributed by atoms with van der Waals surface area (Å²) in [6.45, 7) is 0.924. The number of hydrogen-bond donors (Lipinski definition) is 3. The van der Waals surface area contributed by atoms with Crippen molar-refractivity contribution in [1.29, 1.82) is 0 Å². The highest BCUT2D eigenvalue weighted by molar-refractivity contribution is 7.89. The van der Waals surface area contributed by atoms with Crippen LogP contribution in [0.1, 0.15) is 37.7 Å². The monoisotopic (exact) mass is 575 g/mol. The molecule has 1 aromatic heterocycles. The highest BCUT2D eigenvalue weighted by atomic mass is 35.5. The summed E-state index contributed by atoms with van der Waals surface area (Å²) in [5, 5.41) is 13.0. The fourth-order valence-electron chi connectivity index (χ4n) is 5.12. The van der Waals surface area contributed by atoms with E-state index in [9.17, 15) is 18.0 Å². The second-order valence-corrected chi connectivity index (χ2v) is 12.0. The maximum Gasteiger partial charge on any atom is 0.303 e. The van der Waals surface area contributed by atoms with Gasteiger partial charge in [-0.3, -0.25) is 9.59 Å². The molecule has 9 nitrogen and oxygen atoms in total. The van der Waals surface area contributed by atoms with Crippen LogP contribution in [-0.2, 0) is 37.8 Å². The van der Waals surface area contributed by atoms with Crippen LogP contribution in [0.5, 0.6) is 0 Å². The molecule has 0 spiro atoms. The van der Waals surface area contributed by atoms with Crippen LogP contribution in [0.4, 0.5) is 0 Å². The summed E-state index contributed by atoms with van der Waals surface area (Å²) in [4.78, 5) is 23.3. The summed E-state index contributed by atoms with van der Waals surface area (Å²) < 4.78 is 36.2. The molecule has 1 aliphatic rings. The molecule has 1 saturated carbocycles. The number of nitrogens with zero attached hydrogens (tertiary/aromatic N) is 1. The number of aliphatic carboxylic acids is 1. The number of methoxy groups -OCH3 is 1. The van der Waals surface area contributed by atoms with Crippen LogP contribution >= 0.6 is 11.6 Å². The van der Waals surface area contributed by atoms with Gasteiger partial charge in [0, 0.05) is 44.5 Å². The molecule has 1 heterocycles. The molecule has 1 fully saturated rings. The van der Waals surface area contributed by atoms with E-state index >= 15 is 0 Å². The smallest absolute Gasteiger partial charge is 0.303 e. The Morgan fingerprint density at radius 3 is 2.44 bits per heavy atom. The fourth-order valence-corrected chi connectivity index (χ4v) is 6.84. The number of aryl methyl sites for hydroxylation is 2. The van der Waals surface area contributed by atoms with Crippen molar-refractivity contribution < 1.29 is 27.9 Å². The van der Waals surface area contributed by atoms with E-state index < -0.39 is 16.0 Å². The van der Waals surface area contributed by atoms with Crippen LogP contribution in [0, 0.1) is 5.92 Å². The van der Waals surface area contributed by atoms with Crippen molar-refractivity contribution in [2.24, 2.45) is 13.0 Å². The van der Waals surface area contributed by atoms with Crippen LogP contribution in [0.15, 0.2) is 47.4 Å². The molecule has 2 aromatic carbocycles. The number of carbonyl (C=O) groups excluding carboxylic acids is 1. The molecule has 0 atom stereocenters. The van der Waals surface area contributed by atoms with E-state index in [0.29, 0.717) is 55.8 Å². The Balaban J connectivity index is 1.47. The Morgan fingerprint density at radius 2 is 1.79 bits per heavy atom. The lowest BCUT2D eigenvalue weighted by atomic mass is 9.86. The first-order valence-electron chi connectivity index (χ1n) is 13.0. The van der Waals surface area contributed by atoms with Gasteiger partial charge in [-0.1, -0.05) is 35.9 Å². The summed E-state index contributed by atoms with van der Waals surface area (Å²) in [5.41, 5.74) is 3.20. The zero-order valence-corrected chi connectivity index (χ0v) is 23.6. The summed E-state index contributed by atoms with van der Waals surface area (Å²) in [5.74, 6) is -0.968. The third-order valence-corrected chi connectivity index (χ3v) is 9.20. The van der Waals surface area contributed by atoms with E-state index in [1.54, 1.807) is 25.3 Å². The average molecular weight is 576 g/mol. The Hall–Kier alpha value is -2.92. The van der Waals surface area contributed by atoms with E-state index in [1.165, 1.54) is 0 Å². The van der Waals surface area contributed by atoms with Gasteiger partial charge in [0.05, 0.1) is 27.7 Å². The zero-order chi connectivity index (χ0) is 28.2. The van der Waals surface area contributed by atoms with Gasteiger partial charge in [-0.15, -0.1) is 0 Å².